The Labute approximate surface area is 138 Å². The van der Waals surface area contributed by atoms with Gasteiger partial charge in [0.2, 0.25) is 0 Å². The average molecular weight is 313 g/mol. The molecule has 2 saturated carbocycles. The van der Waals surface area contributed by atoms with Crippen LogP contribution in [0.4, 0.5) is 0 Å². The fraction of sp³-hybridized carbons (Fsp3) is 0.632. The molecule has 0 aromatic heterocycles. The third-order valence-electron chi connectivity index (χ3n) is 5.72. The first-order chi connectivity index (χ1) is 11.3. The molecule has 1 heterocycles. The molecule has 3 atom stereocenters. The lowest BCUT2D eigenvalue weighted by Crippen LogP contribution is -2.37. The van der Waals surface area contributed by atoms with Crippen molar-refractivity contribution < 1.29 is 4.74 Å². The Balaban J connectivity index is 1.37. The number of fused-ring (bicyclic) bond motifs is 1. The maximum atomic E-state index is 6.18. The van der Waals surface area contributed by atoms with Crippen LogP contribution in [0.2, 0.25) is 0 Å². The van der Waals surface area contributed by atoms with E-state index in [1.807, 2.05) is 18.2 Å². The standard InChI is InChI=1S/C19H27N3O/c20-19(21-12-14-4-3-6-15(14)13-8-9-13)22-17-10-11-23-18-7-2-1-5-16(17)18/h1-2,5,7,13-15,17H,3-4,6,8-12H2,(H3,20,21,22). The lowest BCUT2D eigenvalue weighted by molar-refractivity contribution is 0.262. The molecule has 1 aromatic rings. The average Bonchev–Trinajstić information content (AvgIpc) is 3.31. The van der Waals surface area contributed by atoms with Crippen LogP contribution < -0.4 is 15.8 Å². The minimum Gasteiger partial charge on any atom is -0.493 e. The van der Waals surface area contributed by atoms with Gasteiger partial charge in [-0.05, 0) is 49.5 Å². The zero-order chi connectivity index (χ0) is 15.6. The summed E-state index contributed by atoms with van der Waals surface area (Å²) in [7, 11) is 0. The Hall–Kier alpha value is -1.71. The van der Waals surface area contributed by atoms with Gasteiger partial charge in [0, 0.05) is 18.5 Å². The highest BCUT2D eigenvalue weighted by Crippen LogP contribution is 2.48. The maximum Gasteiger partial charge on any atom is 0.189 e. The monoisotopic (exact) mass is 313 g/mol. The van der Waals surface area contributed by atoms with Crippen LogP contribution in [0, 0.1) is 17.8 Å². The molecule has 2 fully saturated rings. The largest absolute Gasteiger partial charge is 0.493 e. The van der Waals surface area contributed by atoms with E-state index in [2.05, 4.69) is 16.4 Å². The van der Waals surface area contributed by atoms with Crippen molar-refractivity contribution >= 4 is 5.96 Å². The molecule has 23 heavy (non-hydrogen) atoms. The summed E-state index contributed by atoms with van der Waals surface area (Å²) in [5.41, 5.74) is 7.36. The van der Waals surface area contributed by atoms with Crippen molar-refractivity contribution in [3.8, 4) is 5.75 Å². The lowest BCUT2D eigenvalue weighted by atomic mass is 9.91. The van der Waals surface area contributed by atoms with E-state index in [4.69, 9.17) is 10.5 Å². The van der Waals surface area contributed by atoms with Crippen molar-refractivity contribution in [1.82, 2.24) is 5.32 Å². The SMILES string of the molecule is NC(=NCC1CCCC1C1CC1)NC1CCOc2ccccc21. The first-order valence-corrected chi connectivity index (χ1v) is 9.09. The molecule has 4 rings (SSSR count). The molecule has 3 aliphatic rings. The number of para-hydroxylation sites is 1. The minimum absolute atomic E-state index is 0.214. The molecule has 1 aliphatic heterocycles. The molecule has 0 amide bonds. The Morgan fingerprint density at radius 1 is 1.17 bits per heavy atom. The highest BCUT2D eigenvalue weighted by molar-refractivity contribution is 5.78. The normalized spacial score (nSPS) is 30.6. The number of hydrogen-bond donors (Lipinski definition) is 2. The summed E-state index contributed by atoms with van der Waals surface area (Å²) in [5, 5.41) is 3.41. The van der Waals surface area contributed by atoms with Gasteiger partial charge in [-0.15, -0.1) is 0 Å². The Kier molecular flexibility index (Phi) is 4.15. The maximum absolute atomic E-state index is 6.18. The van der Waals surface area contributed by atoms with Crippen LogP contribution in [0.1, 0.15) is 50.1 Å². The fourth-order valence-corrected chi connectivity index (χ4v) is 4.37. The molecule has 3 N–H and O–H groups in total. The van der Waals surface area contributed by atoms with Crippen LogP contribution in [0.25, 0.3) is 0 Å². The summed E-state index contributed by atoms with van der Waals surface area (Å²) in [5.74, 6) is 4.22. The van der Waals surface area contributed by atoms with Crippen molar-refractivity contribution in [3.05, 3.63) is 29.8 Å². The molecular weight excluding hydrogens is 286 g/mol. The number of guanidine groups is 1. The summed E-state index contributed by atoms with van der Waals surface area (Å²) in [4.78, 5) is 4.68. The zero-order valence-electron chi connectivity index (χ0n) is 13.7. The molecule has 2 aliphatic carbocycles. The molecule has 0 bridgehead atoms. The van der Waals surface area contributed by atoms with Gasteiger partial charge in [-0.2, -0.15) is 0 Å². The second-order valence-corrected chi connectivity index (χ2v) is 7.29. The number of benzene rings is 1. The fourth-order valence-electron chi connectivity index (χ4n) is 4.37. The van der Waals surface area contributed by atoms with Crippen LogP contribution in [0.3, 0.4) is 0 Å². The number of nitrogens with two attached hydrogens (primary N) is 1. The van der Waals surface area contributed by atoms with Gasteiger partial charge in [0.15, 0.2) is 5.96 Å². The van der Waals surface area contributed by atoms with E-state index in [-0.39, 0.29) is 6.04 Å². The first kappa shape index (κ1) is 14.9. The Bertz CT molecular complexity index is 582. The van der Waals surface area contributed by atoms with Crippen LogP contribution in [-0.2, 0) is 0 Å². The highest BCUT2D eigenvalue weighted by atomic mass is 16.5. The van der Waals surface area contributed by atoms with Crippen molar-refractivity contribution in [2.45, 2.75) is 44.6 Å². The van der Waals surface area contributed by atoms with Crippen LogP contribution in [-0.4, -0.2) is 19.1 Å². The molecule has 4 heteroatoms. The lowest BCUT2D eigenvalue weighted by Gasteiger charge is -2.27. The Morgan fingerprint density at radius 2 is 2.04 bits per heavy atom. The Morgan fingerprint density at radius 3 is 2.91 bits per heavy atom. The highest BCUT2D eigenvalue weighted by Gasteiger charge is 2.38. The molecular formula is C19H27N3O. The van der Waals surface area contributed by atoms with Crippen LogP contribution >= 0.6 is 0 Å². The van der Waals surface area contributed by atoms with Crippen molar-refractivity contribution in [3.63, 3.8) is 0 Å². The van der Waals surface area contributed by atoms with Crippen molar-refractivity contribution in [2.24, 2.45) is 28.5 Å². The van der Waals surface area contributed by atoms with Gasteiger partial charge in [-0.3, -0.25) is 4.99 Å². The topological polar surface area (TPSA) is 59.6 Å². The van der Waals surface area contributed by atoms with Gasteiger partial charge in [0.05, 0.1) is 12.6 Å². The molecule has 0 saturated heterocycles. The third-order valence-corrected chi connectivity index (χ3v) is 5.72. The minimum atomic E-state index is 0.214. The van der Waals surface area contributed by atoms with E-state index in [9.17, 15) is 0 Å². The van der Waals surface area contributed by atoms with E-state index in [1.165, 1.54) is 37.7 Å². The molecule has 0 spiro atoms. The van der Waals surface area contributed by atoms with E-state index >= 15 is 0 Å². The van der Waals surface area contributed by atoms with Crippen molar-refractivity contribution in [2.75, 3.05) is 13.2 Å². The van der Waals surface area contributed by atoms with E-state index in [0.717, 1.165) is 43.1 Å². The number of hydrogen-bond acceptors (Lipinski definition) is 2. The second-order valence-electron chi connectivity index (χ2n) is 7.29. The van der Waals surface area contributed by atoms with Crippen LogP contribution in [0.5, 0.6) is 5.75 Å². The summed E-state index contributed by atoms with van der Waals surface area (Å²) in [6, 6.07) is 8.41. The molecule has 124 valence electrons. The van der Waals surface area contributed by atoms with Gasteiger partial charge in [0.1, 0.15) is 5.75 Å². The summed E-state index contributed by atoms with van der Waals surface area (Å²) in [6.07, 6.45) is 7.93. The van der Waals surface area contributed by atoms with E-state index in [0.29, 0.717) is 5.96 Å². The predicted octanol–water partition coefficient (Wildman–Crippen LogP) is 3.24. The van der Waals surface area contributed by atoms with Gasteiger partial charge >= 0.3 is 0 Å². The van der Waals surface area contributed by atoms with E-state index < -0.39 is 0 Å². The number of nitrogens with one attached hydrogen (secondary N) is 1. The summed E-state index contributed by atoms with van der Waals surface area (Å²) in [6.45, 7) is 1.62. The van der Waals surface area contributed by atoms with Crippen molar-refractivity contribution in [1.29, 1.82) is 0 Å². The third kappa shape index (κ3) is 3.31. The molecule has 3 unspecified atom stereocenters. The predicted molar refractivity (Wildman–Crippen MR) is 92.5 cm³/mol. The summed E-state index contributed by atoms with van der Waals surface area (Å²) >= 11 is 0. The quantitative estimate of drug-likeness (QED) is 0.662. The number of ether oxygens (including phenoxy) is 1. The zero-order valence-corrected chi connectivity index (χ0v) is 13.7. The number of rotatable bonds is 4. The van der Waals surface area contributed by atoms with Gasteiger partial charge < -0.3 is 15.8 Å². The molecule has 4 nitrogen and oxygen atoms in total. The number of nitrogens with zero attached hydrogens (tertiary/aromatic N) is 1. The van der Waals surface area contributed by atoms with Crippen LogP contribution in [0.15, 0.2) is 29.3 Å². The second kappa shape index (κ2) is 6.42. The number of aliphatic imine (C=N–C) groups is 1. The molecule has 1 aromatic carbocycles. The van der Waals surface area contributed by atoms with E-state index in [1.54, 1.807) is 0 Å². The van der Waals surface area contributed by atoms with Gasteiger partial charge in [0.25, 0.3) is 0 Å². The summed E-state index contributed by atoms with van der Waals surface area (Å²) < 4.78 is 5.70. The first-order valence-electron chi connectivity index (χ1n) is 9.09. The smallest absolute Gasteiger partial charge is 0.189 e. The van der Waals surface area contributed by atoms with Gasteiger partial charge in [-0.1, -0.05) is 24.6 Å². The van der Waals surface area contributed by atoms with Gasteiger partial charge in [-0.25, -0.2) is 0 Å². The molecule has 0 radical (unpaired) electrons.